The first-order chi connectivity index (χ1) is 11.1. The second-order valence-electron chi connectivity index (χ2n) is 4.86. The molecule has 0 aliphatic carbocycles. The van der Waals surface area contributed by atoms with Crippen molar-refractivity contribution in [3.05, 3.63) is 60.2 Å². The number of methoxy groups -OCH3 is 1. The van der Waals surface area contributed by atoms with Crippen LogP contribution in [0.15, 0.2) is 54.6 Å². The van der Waals surface area contributed by atoms with Crippen molar-refractivity contribution in [3.8, 4) is 5.75 Å². The zero-order chi connectivity index (χ0) is 16.7. The molecule has 0 radical (unpaired) electrons. The number of benzene rings is 2. The standard InChI is InChI=1S/C18H18N2O3/c1-13(21)19-15-9-6-14(7-10-15)8-11-18(22)20-16-4-3-5-17(12-16)23-2/h3-12H,1-2H3,(H,19,21)(H,20,22). The Hall–Kier alpha value is -3.08. The molecule has 2 N–H and O–H groups in total. The Kier molecular flexibility index (Phi) is 5.52. The fourth-order valence-corrected chi connectivity index (χ4v) is 1.94. The predicted octanol–water partition coefficient (Wildman–Crippen LogP) is 3.31. The molecule has 0 fully saturated rings. The number of anilines is 2. The predicted molar refractivity (Wildman–Crippen MR) is 91.4 cm³/mol. The van der Waals surface area contributed by atoms with Crippen molar-refractivity contribution in [3.63, 3.8) is 0 Å². The first kappa shape index (κ1) is 16.3. The van der Waals surface area contributed by atoms with E-state index in [4.69, 9.17) is 4.74 Å². The van der Waals surface area contributed by atoms with Gasteiger partial charge in [0.05, 0.1) is 7.11 Å². The highest BCUT2D eigenvalue weighted by atomic mass is 16.5. The summed E-state index contributed by atoms with van der Waals surface area (Å²) in [4.78, 5) is 22.8. The van der Waals surface area contributed by atoms with Gasteiger partial charge in [0, 0.05) is 30.4 Å². The first-order valence-electron chi connectivity index (χ1n) is 7.07. The Bertz CT molecular complexity index is 721. The van der Waals surface area contributed by atoms with Crippen LogP contribution < -0.4 is 15.4 Å². The van der Waals surface area contributed by atoms with Crippen LogP contribution in [-0.2, 0) is 9.59 Å². The molecule has 23 heavy (non-hydrogen) atoms. The summed E-state index contributed by atoms with van der Waals surface area (Å²) < 4.78 is 5.11. The van der Waals surface area contributed by atoms with Crippen molar-refractivity contribution < 1.29 is 14.3 Å². The van der Waals surface area contributed by atoms with E-state index in [1.807, 2.05) is 18.2 Å². The van der Waals surface area contributed by atoms with Gasteiger partial charge in [0.15, 0.2) is 0 Å². The smallest absolute Gasteiger partial charge is 0.248 e. The van der Waals surface area contributed by atoms with E-state index in [0.717, 1.165) is 11.3 Å². The summed E-state index contributed by atoms with van der Waals surface area (Å²) in [6, 6.07) is 14.3. The summed E-state index contributed by atoms with van der Waals surface area (Å²) in [5, 5.41) is 5.45. The van der Waals surface area contributed by atoms with Crippen LogP contribution in [0.4, 0.5) is 11.4 Å². The van der Waals surface area contributed by atoms with Gasteiger partial charge in [-0.05, 0) is 35.9 Å². The van der Waals surface area contributed by atoms with Gasteiger partial charge in [-0.3, -0.25) is 9.59 Å². The van der Waals surface area contributed by atoms with Gasteiger partial charge in [0.25, 0.3) is 0 Å². The van der Waals surface area contributed by atoms with E-state index in [2.05, 4.69) is 10.6 Å². The summed E-state index contributed by atoms with van der Waals surface area (Å²) in [6.45, 7) is 1.46. The summed E-state index contributed by atoms with van der Waals surface area (Å²) in [7, 11) is 1.57. The first-order valence-corrected chi connectivity index (χ1v) is 7.07. The van der Waals surface area contributed by atoms with Gasteiger partial charge in [0.2, 0.25) is 11.8 Å². The second-order valence-corrected chi connectivity index (χ2v) is 4.86. The molecule has 0 saturated carbocycles. The van der Waals surface area contributed by atoms with E-state index in [0.29, 0.717) is 11.4 Å². The molecule has 5 heteroatoms. The number of ether oxygens (including phenoxy) is 1. The number of hydrogen-bond acceptors (Lipinski definition) is 3. The highest BCUT2D eigenvalue weighted by Crippen LogP contribution is 2.17. The zero-order valence-electron chi connectivity index (χ0n) is 13.0. The van der Waals surface area contributed by atoms with Crippen LogP contribution in [0, 0.1) is 0 Å². The maximum atomic E-state index is 11.9. The van der Waals surface area contributed by atoms with Crippen molar-refractivity contribution in [1.29, 1.82) is 0 Å². The van der Waals surface area contributed by atoms with Crippen molar-refractivity contribution in [2.45, 2.75) is 6.92 Å². The van der Waals surface area contributed by atoms with Gasteiger partial charge in [-0.1, -0.05) is 18.2 Å². The molecule has 2 aromatic carbocycles. The van der Waals surface area contributed by atoms with Gasteiger partial charge in [0.1, 0.15) is 5.75 Å². The molecule has 0 atom stereocenters. The van der Waals surface area contributed by atoms with Crippen molar-refractivity contribution in [2.75, 3.05) is 17.7 Å². The largest absolute Gasteiger partial charge is 0.497 e. The lowest BCUT2D eigenvalue weighted by Gasteiger charge is -2.04. The SMILES string of the molecule is COc1cccc(NC(=O)C=Cc2ccc(NC(C)=O)cc2)c1. The molecule has 118 valence electrons. The highest BCUT2D eigenvalue weighted by molar-refractivity contribution is 6.02. The number of hydrogen-bond donors (Lipinski definition) is 2. The van der Waals surface area contributed by atoms with E-state index < -0.39 is 0 Å². The van der Waals surface area contributed by atoms with Gasteiger partial charge >= 0.3 is 0 Å². The number of carbonyl (C=O) groups is 2. The van der Waals surface area contributed by atoms with Crippen LogP contribution in [0.25, 0.3) is 6.08 Å². The van der Waals surface area contributed by atoms with Crippen LogP contribution in [0.1, 0.15) is 12.5 Å². The maximum absolute atomic E-state index is 11.9. The van der Waals surface area contributed by atoms with Crippen molar-refractivity contribution in [1.82, 2.24) is 0 Å². The van der Waals surface area contributed by atoms with Gasteiger partial charge < -0.3 is 15.4 Å². The molecule has 0 aliphatic heterocycles. The molecular weight excluding hydrogens is 292 g/mol. The number of nitrogens with one attached hydrogen (secondary N) is 2. The summed E-state index contributed by atoms with van der Waals surface area (Å²) in [6.07, 6.45) is 3.15. The van der Waals surface area contributed by atoms with Crippen LogP contribution in [0.5, 0.6) is 5.75 Å². The van der Waals surface area contributed by atoms with Crippen LogP contribution in [0.3, 0.4) is 0 Å². The third-order valence-corrected chi connectivity index (χ3v) is 3.00. The molecule has 0 aromatic heterocycles. The quantitative estimate of drug-likeness (QED) is 0.833. The minimum absolute atomic E-state index is 0.119. The monoisotopic (exact) mass is 310 g/mol. The fraction of sp³-hybridized carbons (Fsp3) is 0.111. The molecule has 5 nitrogen and oxygen atoms in total. The topological polar surface area (TPSA) is 67.4 Å². The molecule has 0 saturated heterocycles. The minimum Gasteiger partial charge on any atom is -0.497 e. The van der Waals surface area contributed by atoms with E-state index >= 15 is 0 Å². The summed E-state index contributed by atoms with van der Waals surface area (Å²) in [5.74, 6) is 0.329. The Labute approximate surface area is 135 Å². The molecule has 0 heterocycles. The van der Waals surface area contributed by atoms with E-state index in [9.17, 15) is 9.59 Å². The van der Waals surface area contributed by atoms with Gasteiger partial charge in [-0.25, -0.2) is 0 Å². The van der Waals surface area contributed by atoms with E-state index in [1.54, 1.807) is 43.5 Å². The van der Waals surface area contributed by atoms with Crippen LogP contribution >= 0.6 is 0 Å². The normalized spacial score (nSPS) is 10.3. The lowest BCUT2D eigenvalue weighted by Crippen LogP contribution is -2.07. The van der Waals surface area contributed by atoms with E-state index in [1.165, 1.54) is 13.0 Å². The Morgan fingerprint density at radius 1 is 1.00 bits per heavy atom. The Balaban J connectivity index is 1.96. The second kappa shape index (κ2) is 7.79. The van der Waals surface area contributed by atoms with Gasteiger partial charge in [-0.15, -0.1) is 0 Å². The minimum atomic E-state index is -0.232. The van der Waals surface area contributed by atoms with Crippen molar-refractivity contribution >= 4 is 29.3 Å². The Morgan fingerprint density at radius 2 is 1.74 bits per heavy atom. The van der Waals surface area contributed by atoms with E-state index in [-0.39, 0.29) is 11.8 Å². The number of carbonyl (C=O) groups excluding carboxylic acids is 2. The fourth-order valence-electron chi connectivity index (χ4n) is 1.94. The summed E-state index contributed by atoms with van der Waals surface area (Å²) >= 11 is 0. The molecule has 2 aromatic rings. The molecule has 0 bridgehead atoms. The molecule has 0 unspecified atom stereocenters. The average molecular weight is 310 g/mol. The average Bonchev–Trinajstić information content (AvgIpc) is 2.54. The zero-order valence-corrected chi connectivity index (χ0v) is 13.0. The third kappa shape index (κ3) is 5.32. The number of rotatable bonds is 5. The third-order valence-electron chi connectivity index (χ3n) is 3.00. The molecule has 2 rings (SSSR count). The van der Waals surface area contributed by atoms with Gasteiger partial charge in [-0.2, -0.15) is 0 Å². The summed E-state index contributed by atoms with van der Waals surface area (Å²) in [5.41, 5.74) is 2.25. The van der Waals surface area contributed by atoms with Crippen molar-refractivity contribution in [2.24, 2.45) is 0 Å². The maximum Gasteiger partial charge on any atom is 0.248 e. The van der Waals surface area contributed by atoms with Crippen LogP contribution in [0.2, 0.25) is 0 Å². The Morgan fingerprint density at radius 3 is 2.39 bits per heavy atom. The molecular formula is C18H18N2O3. The molecule has 0 aliphatic rings. The number of amides is 2. The molecule has 2 amide bonds. The highest BCUT2D eigenvalue weighted by Gasteiger charge is 2.00. The molecule has 0 spiro atoms. The van der Waals surface area contributed by atoms with Crippen LogP contribution in [-0.4, -0.2) is 18.9 Å². The lowest BCUT2D eigenvalue weighted by molar-refractivity contribution is -0.114. The lowest BCUT2D eigenvalue weighted by atomic mass is 10.2.